The summed E-state index contributed by atoms with van der Waals surface area (Å²) in [6.07, 6.45) is 2.75. The van der Waals surface area contributed by atoms with Crippen LogP contribution in [0.4, 0.5) is 10.3 Å². The van der Waals surface area contributed by atoms with E-state index in [4.69, 9.17) is 4.98 Å². The van der Waals surface area contributed by atoms with Gasteiger partial charge in [-0.05, 0) is 41.2 Å². The van der Waals surface area contributed by atoms with E-state index in [-0.39, 0.29) is 11.7 Å². The zero-order valence-electron chi connectivity index (χ0n) is 15.0. The lowest BCUT2D eigenvalue weighted by molar-refractivity contribution is 0.626. The van der Waals surface area contributed by atoms with Crippen LogP contribution in [0.2, 0.25) is 0 Å². The summed E-state index contributed by atoms with van der Waals surface area (Å²) in [6, 6.07) is 15.2. The van der Waals surface area contributed by atoms with E-state index in [2.05, 4.69) is 42.3 Å². The first kappa shape index (κ1) is 16.7. The molecule has 3 aromatic rings. The van der Waals surface area contributed by atoms with Crippen LogP contribution in [0.1, 0.15) is 36.5 Å². The Labute approximate surface area is 153 Å². The summed E-state index contributed by atoms with van der Waals surface area (Å²) in [5, 5.41) is 3.31. The molecule has 3 nitrogen and oxygen atoms in total. The van der Waals surface area contributed by atoms with Crippen molar-refractivity contribution in [3.8, 4) is 11.3 Å². The fourth-order valence-corrected chi connectivity index (χ4v) is 3.51. The highest BCUT2D eigenvalue weighted by molar-refractivity contribution is 5.72. The Balaban J connectivity index is 1.75. The van der Waals surface area contributed by atoms with Gasteiger partial charge in [-0.15, -0.1) is 0 Å². The van der Waals surface area contributed by atoms with Crippen molar-refractivity contribution in [2.75, 3.05) is 11.9 Å². The number of rotatable bonds is 4. The van der Waals surface area contributed by atoms with Crippen LogP contribution in [0.3, 0.4) is 0 Å². The van der Waals surface area contributed by atoms with E-state index in [0.717, 1.165) is 35.3 Å². The van der Waals surface area contributed by atoms with Gasteiger partial charge in [-0.25, -0.2) is 14.4 Å². The highest BCUT2D eigenvalue weighted by Crippen LogP contribution is 2.41. The van der Waals surface area contributed by atoms with Gasteiger partial charge in [0.1, 0.15) is 5.82 Å². The fourth-order valence-electron chi connectivity index (χ4n) is 3.51. The Kier molecular flexibility index (Phi) is 4.41. The Bertz CT molecular complexity index is 919. The second-order valence-corrected chi connectivity index (χ2v) is 7.24. The molecule has 4 heteroatoms. The van der Waals surface area contributed by atoms with E-state index in [1.165, 1.54) is 17.7 Å². The summed E-state index contributed by atoms with van der Waals surface area (Å²) in [4.78, 5) is 9.28. The number of nitrogens with one attached hydrogen (secondary N) is 1. The van der Waals surface area contributed by atoms with Crippen LogP contribution in [-0.4, -0.2) is 16.5 Å². The molecule has 4 rings (SSSR count). The smallest absolute Gasteiger partial charge is 0.223 e. The molecule has 0 fully saturated rings. The Morgan fingerprint density at radius 2 is 1.88 bits per heavy atom. The standard InChI is InChI=1S/C22H22FN3/c1-14(2)12-24-22-25-13-16-11-20(15-7-9-17(23)10-8-15)18-5-3-4-6-19(18)21(16)26-22/h3-10,13-14,20H,11-12H2,1-2H3,(H,24,25,26). The van der Waals surface area contributed by atoms with E-state index in [0.29, 0.717) is 11.9 Å². The van der Waals surface area contributed by atoms with Gasteiger partial charge in [0.2, 0.25) is 5.95 Å². The normalized spacial score (nSPS) is 15.5. The fraction of sp³-hybridized carbons (Fsp3) is 0.273. The highest BCUT2D eigenvalue weighted by atomic mass is 19.1. The molecule has 0 spiro atoms. The Hall–Kier alpha value is -2.75. The minimum absolute atomic E-state index is 0.192. The van der Waals surface area contributed by atoms with Gasteiger partial charge in [-0.2, -0.15) is 0 Å². The molecule has 1 aromatic heterocycles. The number of benzene rings is 2. The molecule has 132 valence electrons. The van der Waals surface area contributed by atoms with Crippen LogP contribution >= 0.6 is 0 Å². The van der Waals surface area contributed by atoms with Gasteiger partial charge in [-0.3, -0.25) is 0 Å². The molecule has 0 amide bonds. The molecule has 0 radical (unpaired) electrons. The molecule has 2 aromatic carbocycles. The molecule has 0 bridgehead atoms. The van der Waals surface area contributed by atoms with E-state index >= 15 is 0 Å². The number of hydrogen-bond donors (Lipinski definition) is 1. The summed E-state index contributed by atoms with van der Waals surface area (Å²) >= 11 is 0. The van der Waals surface area contributed by atoms with Crippen LogP contribution in [0.25, 0.3) is 11.3 Å². The minimum atomic E-state index is -0.206. The summed E-state index contributed by atoms with van der Waals surface area (Å²) < 4.78 is 13.3. The third-order valence-corrected chi connectivity index (χ3v) is 4.82. The van der Waals surface area contributed by atoms with Crippen molar-refractivity contribution in [1.29, 1.82) is 0 Å². The number of nitrogens with zero attached hydrogens (tertiary/aromatic N) is 2. The number of hydrogen-bond acceptors (Lipinski definition) is 3. The molecular weight excluding hydrogens is 325 g/mol. The number of aromatic nitrogens is 2. The lowest BCUT2D eigenvalue weighted by Gasteiger charge is -2.27. The maximum absolute atomic E-state index is 13.3. The molecule has 1 aliphatic carbocycles. The third kappa shape index (κ3) is 3.19. The molecule has 1 N–H and O–H groups in total. The first-order valence-corrected chi connectivity index (χ1v) is 9.06. The van der Waals surface area contributed by atoms with Crippen LogP contribution in [0.5, 0.6) is 0 Å². The SMILES string of the molecule is CC(C)CNc1ncc2c(n1)-c1ccccc1C(c1ccc(F)cc1)C2. The van der Waals surface area contributed by atoms with Gasteiger partial charge in [0, 0.05) is 24.2 Å². The van der Waals surface area contributed by atoms with Gasteiger partial charge in [0.25, 0.3) is 0 Å². The number of halogens is 1. The van der Waals surface area contributed by atoms with Crippen molar-refractivity contribution in [3.05, 3.63) is 77.2 Å². The first-order chi connectivity index (χ1) is 12.6. The second kappa shape index (κ2) is 6.87. The maximum Gasteiger partial charge on any atom is 0.223 e. The number of fused-ring (bicyclic) bond motifs is 3. The Morgan fingerprint density at radius 1 is 1.12 bits per heavy atom. The highest BCUT2D eigenvalue weighted by Gasteiger charge is 2.27. The van der Waals surface area contributed by atoms with Crippen molar-refractivity contribution in [2.24, 2.45) is 5.92 Å². The number of anilines is 1. The first-order valence-electron chi connectivity index (χ1n) is 9.06. The molecule has 26 heavy (non-hydrogen) atoms. The minimum Gasteiger partial charge on any atom is -0.354 e. The van der Waals surface area contributed by atoms with Crippen molar-refractivity contribution in [1.82, 2.24) is 9.97 Å². The summed E-state index contributed by atoms with van der Waals surface area (Å²) in [6.45, 7) is 5.17. The summed E-state index contributed by atoms with van der Waals surface area (Å²) in [5.41, 5.74) is 5.62. The van der Waals surface area contributed by atoms with Crippen molar-refractivity contribution < 1.29 is 4.39 Å². The zero-order valence-corrected chi connectivity index (χ0v) is 15.0. The van der Waals surface area contributed by atoms with Gasteiger partial charge in [-0.1, -0.05) is 50.2 Å². The molecule has 1 heterocycles. The molecule has 1 atom stereocenters. The van der Waals surface area contributed by atoms with Crippen LogP contribution in [-0.2, 0) is 6.42 Å². The summed E-state index contributed by atoms with van der Waals surface area (Å²) in [5.74, 6) is 1.19. The average molecular weight is 347 g/mol. The molecular formula is C22H22FN3. The third-order valence-electron chi connectivity index (χ3n) is 4.82. The van der Waals surface area contributed by atoms with Crippen molar-refractivity contribution in [3.63, 3.8) is 0 Å². The molecule has 0 aliphatic heterocycles. The lowest BCUT2D eigenvalue weighted by Crippen LogP contribution is -2.16. The second-order valence-electron chi connectivity index (χ2n) is 7.24. The van der Waals surface area contributed by atoms with E-state index in [1.807, 2.05) is 24.4 Å². The molecule has 1 unspecified atom stereocenters. The Morgan fingerprint density at radius 3 is 2.65 bits per heavy atom. The summed E-state index contributed by atoms with van der Waals surface area (Å²) in [7, 11) is 0. The van der Waals surface area contributed by atoms with Gasteiger partial charge < -0.3 is 5.32 Å². The predicted molar refractivity (Wildman–Crippen MR) is 103 cm³/mol. The molecule has 0 saturated carbocycles. The van der Waals surface area contributed by atoms with E-state index in [1.54, 1.807) is 0 Å². The molecule has 0 saturated heterocycles. The van der Waals surface area contributed by atoms with Gasteiger partial charge in [0.15, 0.2) is 0 Å². The lowest BCUT2D eigenvalue weighted by atomic mass is 9.78. The topological polar surface area (TPSA) is 37.8 Å². The molecule has 1 aliphatic rings. The van der Waals surface area contributed by atoms with Gasteiger partial charge >= 0.3 is 0 Å². The van der Waals surface area contributed by atoms with Crippen molar-refractivity contribution in [2.45, 2.75) is 26.2 Å². The monoisotopic (exact) mass is 347 g/mol. The van der Waals surface area contributed by atoms with Crippen molar-refractivity contribution >= 4 is 5.95 Å². The van der Waals surface area contributed by atoms with E-state index < -0.39 is 0 Å². The van der Waals surface area contributed by atoms with Crippen LogP contribution < -0.4 is 5.32 Å². The predicted octanol–water partition coefficient (Wildman–Crippen LogP) is 5.04. The van der Waals surface area contributed by atoms with Crippen LogP contribution in [0.15, 0.2) is 54.7 Å². The average Bonchev–Trinajstić information content (AvgIpc) is 2.66. The zero-order chi connectivity index (χ0) is 18.1. The largest absolute Gasteiger partial charge is 0.354 e. The van der Waals surface area contributed by atoms with Gasteiger partial charge in [0.05, 0.1) is 5.69 Å². The van der Waals surface area contributed by atoms with E-state index in [9.17, 15) is 4.39 Å². The van der Waals surface area contributed by atoms with Crippen LogP contribution in [0, 0.1) is 11.7 Å². The maximum atomic E-state index is 13.3. The quantitative estimate of drug-likeness (QED) is 0.718.